The Balaban J connectivity index is 2.84. The summed E-state index contributed by atoms with van der Waals surface area (Å²) in [7, 11) is 1.40. The van der Waals surface area contributed by atoms with Crippen molar-refractivity contribution >= 4 is 33.5 Å². The monoisotopic (exact) mass is 316 g/mol. The molecule has 0 radical (unpaired) electrons. The lowest BCUT2D eigenvalue weighted by Crippen LogP contribution is -2.25. The van der Waals surface area contributed by atoms with Crippen LogP contribution in [0.5, 0.6) is 0 Å². The predicted molar refractivity (Wildman–Crippen MR) is 65.1 cm³/mol. The summed E-state index contributed by atoms with van der Waals surface area (Å²) in [4.78, 5) is 32.4. The molecule has 1 amide bonds. The first-order valence-electron chi connectivity index (χ1n) is 4.77. The molecular formula is C10H9BrN2O5. The molecule has 8 heteroatoms. The number of nitro benzene ring substituents is 1. The maximum Gasteiger partial charge on any atom is 0.338 e. The molecule has 1 aromatic rings. The van der Waals surface area contributed by atoms with Gasteiger partial charge in [0.2, 0.25) is 0 Å². The van der Waals surface area contributed by atoms with Crippen molar-refractivity contribution in [1.29, 1.82) is 0 Å². The van der Waals surface area contributed by atoms with Gasteiger partial charge in [0.05, 0.1) is 15.0 Å². The van der Waals surface area contributed by atoms with Crippen molar-refractivity contribution in [2.45, 2.75) is 0 Å². The number of likely N-dealkylation sites (N-methyl/N-ethyl adjacent to an activating group) is 1. The Morgan fingerprint density at radius 1 is 1.50 bits per heavy atom. The molecule has 1 aromatic carbocycles. The number of nitro groups is 1. The minimum Gasteiger partial charge on any atom is -0.452 e. The number of halogens is 1. The quantitative estimate of drug-likeness (QED) is 0.512. The molecule has 7 nitrogen and oxygen atoms in total. The van der Waals surface area contributed by atoms with Crippen molar-refractivity contribution in [1.82, 2.24) is 5.32 Å². The van der Waals surface area contributed by atoms with Crippen molar-refractivity contribution < 1.29 is 19.2 Å². The minimum atomic E-state index is -0.797. The van der Waals surface area contributed by atoms with Gasteiger partial charge in [0.1, 0.15) is 0 Å². The topological polar surface area (TPSA) is 98.5 Å². The first-order chi connectivity index (χ1) is 8.45. The number of hydrogen-bond donors (Lipinski definition) is 1. The Kier molecular flexibility index (Phi) is 4.78. The summed E-state index contributed by atoms with van der Waals surface area (Å²) in [5.41, 5.74) is -0.238. The fourth-order valence-electron chi connectivity index (χ4n) is 1.07. The van der Waals surface area contributed by atoms with E-state index in [2.05, 4.69) is 26.0 Å². The van der Waals surface area contributed by atoms with Crippen LogP contribution in [0.15, 0.2) is 22.7 Å². The van der Waals surface area contributed by atoms with Crippen LogP contribution in [0.4, 0.5) is 5.69 Å². The molecule has 0 atom stereocenters. The number of amides is 1. The van der Waals surface area contributed by atoms with Crippen molar-refractivity contribution in [3.05, 3.63) is 38.3 Å². The van der Waals surface area contributed by atoms with Crippen LogP contribution in [0.1, 0.15) is 10.4 Å². The number of rotatable bonds is 4. The van der Waals surface area contributed by atoms with Crippen LogP contribution in [0.25, 0.3) is 0 Å². The van der Waals surface area contributed by atoms with Crippen LogP contribution in [-0.2, 0) is 9.53 Å². The molecule has 0 aliphatic heterocycles. The van der Waals surface area contributed by atoms with Gasteiger partial charge in [-0.1, -0.05) is 0 Å². The zero-order valence-corrected chi connectivity index (χ0v) is 10.9. The third-order valence-corrected chi connectivity index (χ3v) is 2.66. The van der Waals surface area contributed by atoms with Gasteiger partial charge in [-0.15, -0.1) is 0 Å². The molecule has 0 spiro atoms. The molecular weight excluding hydrogens is 308 g/mol. The summed E-state index contributed by atoms with van der Waals surface area (Å²) >= 11 is 3.00. The standard InChI is InChI=1S/C10H9BrN2O5/c1-12-9(14)5-18-10(15)6-2-3-7(11)8(4-6)13(16)17/h2-4H,5H2,1H3,(H,12,14). The van der Waals surface area contributed by atoms with Gasteiger partial charge in [-0.25, -0.2) is 4.79 Å². The van der Waals surface area contributed by atoms with Crippen molar-refractivity contribution in [3.63, 3.8) is 0 Å². The Morgan fingerprint density at radius 2 is 2.17 bits per heavy atom. The average molecular weight is 317 g/mol. The van der Waals surface area contributed by atoms with Crippen LogP contribution < -0.4 is 5.32 Å². The van der Waals surface area contributed by atoms with Crippen molar-refractivity contribution in [3.8, 4) is 0 Å². The lowest BCUT2D eigenvalue weighted by atomic mass is 10.2. The summed E-state index contributed by atoms with van der Waals surface area (Å²) in [6, 6.07) is 3.81. The van der Waals surface area contributed by atoms with E-state index >= 15 is 0 Å². The molecule has 18 heavy (non-hydrogen) atoms. The van der Waals surface area contributed by atoms with E-state index in [0.717, 1.165) is 6.07 Å². The molecule has 0 saturated heterocycles. The Morgan fingerprint density at radius 3 is 2.72 bits per heavy atom. The van der Waals surface area contributed by atoms with E-state index in [-0.39, 0.29) is 15.7 Å². The second kappa shape index (κ2) is 6.10. The predicted octanol–water partition coefficient (Wildman–Crippen LogP) is 1.26. The maximum absolute atomic E-state index is 11.5. The number of carbonyl (C=O) groups excluding carboxylic acids is 2. The second-order valence-corrected chi connectivity index (χ2v) is 4.03. The normalized spacial score (nSPS) is 9.67. The van der Waals surface area contributed by atoms with E-state index in [9.17, 15) is 19.7 Å². The Labute approximate surface area is 110 Å². The smallest absolute Gasteiger partial charge is 0.338 e. The zero-order chi connectivity index (χ0) is 13.7. The zero-order valence-electron chi connectivity index (χ0n) is 9.31. The fraction of sp³-hybridized carbons (Fsp3) is 0.200. The Hall–Kier alpha value is -1.96. The first kappa shape index (κ1) is 14.1. The molecule has 0 aliphatic rings. The largest absolute Gasteiger partial charge is 0.452 e. The minimum absolute atomic E-state index is 0.00815. The van der Waals surface area contributed by atoms with E-state index in [1.807, 2.05) is 0 Å². The highest BCUT2D eigenvalue weighted by atomic mass is 79.9. The number of esters is 1. The van der Waals surface area contributed by atoms with Gasteiger partial charge in [-0.05, 0) is 28.1 Å². The highest BCUT2D eigenvalue weighted by molar-refractivity contribution is 9.10. The number of nitrogens with zero attached hydrogens (tertiary/aromatic N) is 1. The van der Waals surface area contributed by atoms with Gasteiger partial charge in [0.25, 0.3) is 11.6 Å². The number of ether oxygens (including phenoxy) is 1. The lowest BCUT2D eigenvalue weighted by molar-refractivity contribution is -0.385. The fourth-order valence-corrected chi connectivity index (χ4v) is 1.46. The van der Waals surface area contributed by atoms with E-state index < -0.39 is 23.4 Å². The van der Waals surface area contributed by atoms with Crippen LogP contribution >= 0.6 is 15.9 Å². The van der Waals surface area contributed by atoms with Crippen molar-refractivity contribution in [2.24, 2.45) is 0 Å². The highest BCUT2D eigenvalue weighted by Gasteiger charge is 2.17. The van der Waals surface area contributed by atoms with Crippen molar-refractivity contribution in [2.75, 3.05) is 13.7 Å². The van der Waals surface area contributed by atoms with Gasteiger partial charge in [0.15, 0.2) is 6.61 Å². The number of benzene rings is 1. The third kappa shape index (κ3) is 3.52. The molecule has 0 fully saturated rings. The second-order valence-electron chi connectivity index (χ2n) is 3.17. The molecule has 0 aliphatic carbocycles. The molecule has 0 heterocycles. The molecule has 1 rings (SSSR count). The van der Waals surface area contributed by atoms with E-state index in [4.69, 9.17) is 0 Å². The van der Waals surface area contributed by atoms with Gasteiger partial charge in [-0.3, -0.25) is 14.9 Å². The van der Waals surface area contributed by atoms with Crippen LogP contribution in [0, 0.1) is 10.1 Å². The summed E-state index contributed by atoms with van der Waals surface area (Å²) < 4.78 is 4.93. The van der Waals surface area contributed by atoms with Gasteiger partial charge in [-0.2, -0.15) is 0 Å². The maximum atomic E-state index is 11.5. The van der Waals surface area contributed by atoms with E-state index in [1.165, 1.54) is 19.2 Å². The average Bonchev–Trinajstić information content (AvgIpc) is 2.35. The molecule has 0 bridgehead atoms. The number of carbonyl (C=O) groups is 2. The SMILES string of the molecule is CNC(=O)COC(=O)c1ccc(Br)c([N+](=O)[O-])c1. The summed E-state index contributed by atoms with van der Waals surface area (Å²) in [5.74, 6) is -1.26. The van der Waals surface area contributed by atoms with Gasteiger partial charge in [0, 0.05) is 13.1 Å². The van der Waals surface area contributed by atoms with Crippen LogP contribution in [0.3, 0.4) is 0 Å². The number of nitrogens with one attached hydrogen (secondary N) is 1. The Bertz CT molecular complexity index is 503. The van der Waals surface area contributed by atoms with E-state index in [0.29, 0.717) is 0 Å². The highest BCUT2D eigenvalue weighted by Crippen LogP contribution is 2.25. The first-order valence-corrected chi connectivity index (χ1v) is 5.56. The van der Waals surface area contributed by atoms with Gasteiger partial charge < -0.3 is 10.1 Å². The molecule has 0 unspecified atom stereocenters. The lowest BCUT2D eigenvalue weighted by Gasteiger charge is -2.04. The molecule has 1 N–H and O–H groups in total. The van der Waals surface area contributed by atoms with Gasteiger partial charge >= 0.3 is 5.97 Å². The summed E-state index contributed by atoms with van der Waals surface area (Å²) in [5, 5.41) is 12.9. The molecule has 96 valence electrons. The third-order valence-electron chi connectivity index (χ3n) is 1.99. The van der Waals surface area contributed by atoms with Crippen LogP contribution in [0.2, 0.25) is 0 Å². The summed E-state index contributed by atoms with van der Waals surface area (Å²) in [6.45, 7) is -0.431. The van der Waals surface area contributed by atoms with Crippen LogP contribution in [-0.4, -0.2) is 30.5 Å². The summed E-state index contributed by atoms with van der Waals surface area (Å²) in [6.07, 6.45) is 0. The molecule has 0 saturated carbocycles. The number of hydrogen-bond acceptors (Lipinski definition) is 5. The van der Waals surface area contributed by atoms with E-state index in [1.54, 1.807) is 0 Å². The molecule has 0 aromatic heterocycles.